The van der Waals surface area contributed by atoms with Crippen LogP contribution in [-0.4, -0.2) is 55.8 Å². The summed E-state index contributed by atoms with van der Waals surface area (Å²) in [5.41, 5.74) is 11.8. The Morgan fingerprint density at radius 1 is 0.427 bits per heavy atom. The maximum Gasteiger partial charge on any atom is 0.328 e. The lowest BCUT2D eigenvalue weighted by Crippen LogP contribution is -2.54. The monoisotopic (exact) mass is 1450 g/mol. The van der Waals surface area contributed by atoms with E-state index >= 15 is 0 Å². The minimum atomic E-state index is -0.619. The summed E-state index contributed by atoms with van der Waals surface area (Å²) in [6.45, 7) is 47.7. The van der Waals surface area contributed by atoms with Crippen molar-refractivity contribution in [3.8, 4) is 40.1 Å². The van der Waals surface area contributed by atoms with Crippen LogP contribution in [0.4, 0.5) is 0 Å². The average molecular weight is 1460 g/mol. The van der Waals surface area contributed by atoms with Crippen LogP contribution in [0.3, 0.4) is 0 Å². The van der Waals surface area contributed by atoms with E-state index in [0.29, 0.717) is 98.1 Å². The van der Waals surface area contributed by atoms with Crippen LogP contribution < -0.4 is 42.0 Å². The standard InChI is InChI=1S/C98H112B2N8O2/c1-67(58-95(5,6)7)52-54-73(69(3)60-97(11,12)13)65-109-79-46-34-36-71(56-79)91-88-89(94(90(102-17)87-64-104-83-49-31-33-51-85(83)106-87)108(91)100(77-42-26-20-27-43-77)78-44-28-21-29-45-78)92(72-37-35-47-80(57-72)110-66-74(70(4)61-98(14,15)16)55-53-68(2)59-96(8,9)10)107(99(75-38-22-18-23-39-75)76-40-24-19-25-41-76)93(88)81(62-101)86-63-103-82-48-30-32-50-84(82)105-86/h18-51,56-57,63-64,67-70,73-74H,52-55,58-61,65-66H2,1-16H3/b93-81-,94-90+. The SMILES string of the molecule is [C-]#[N+]/C(c1cnc2ccccc2n1)=c1\c2c(-c3cccc(OCC(CCC(C)CC(C)(C)C)C(C)CC(C)(C)C)c3)n(B(c3ccccc3)c3ccccc3)/c(=C(/C#N)c3cnc4ccccc4n3)c2c(-c2cccc(OCC(CCC(C)CC(C)(C)C)C(C)CC(C)(C)C)c2)n1B(c1ccccc1)c1ccccc1. The zero-order valence-electron chi connectivity index (χ0n) is 68.0. The smallest absolute Gasteiger partial charge is 0.328 e. The van der Waals surface area contributed by atoms with Gasteiger partial charge in [0.05, 0.1) is 59.1 Å². The molecular weight excluding hydrogens is 1340 g/mol. The zero-order valence-corrected chi connectivity index (χ0v) is 68.0. The van der Waals surface area contributed by atoms with Crippen LogP contribution in [-0.2, 0) is 0 Å². The summed E-state index contributed by atoms with van der Waals surface area (Å²) in [6.07, 6.45) is 12.2. The summed E-state index contributed by atoms with van der Waals surface area (Å²) in [5, 5.41) is 15.5. The second-order valence-corrected chi connectivity index (χ2v) is 36.3. The number of hydrogen-bond donors (Lipinski definition) is 0. The summed E-state index contributed by atoms with van der Waals surface area (Å²) in [5.74, 6) is 3.84. The topological polar surface area (TPSA) is 108 Å². The van der Waals surface area contributed by atoms with Gasteiger partial charge in [0.1, 0.15) is 28.8 Å². The number of para-hydroxylation sites is 4. The van der Waals surface area contributed by atoms with Gasteiger partial charge in [0.15, 0.2) is 0 Å². The van der Waals surface area contributed by atoms with Crippen LogP contribution in [0, 0.1) is 75.1 Å². The van der Waals surface area contributed by atoms with Crippen LogP contribution in [0.25, 0.3) is 71.5 Å². The molecule has 0 amide bonds. The van der Waals surface area contributed by atoms with E-state index in [0.717, 1.165) is 107 Å². The molecule has 0 aliphatic heterocycles. The molecule has 10 nitrogen and oxygen atoms in total. The van der Waals surface area contributed by atoms with Crippen LogP contribution in [0.5, 0.6) is 11.5 Å². The third-order valence-corrected chi connectivity index (χ3v) is 21.8. The lowest BCUT2D eigenvalue weighted by Gasteiger charge is -2.31. The van der Waals surface area contributed by atoms with E-state index in [1.807, 2.05) is 48.5 Å². The van der Waals surface area contributed by atoms with Crippen LogP contribution in [0.2, 0.25) is 0 Å². The highest BCUT2D eigenvalue weighted by molar-refractivity contribution is 6.85. The van der Waals surface area contributed by atoms with E-state index in [9.17, 15) is 11.8 Å². The first-order valence-corrected chi connectivity index (χ1v) is 40.1. The highest BCUT2D eigenvalue weighted by atomic mass is 16.5. The van der Waals surface area contributed by atoms with Crippen molar-refractivity contribution in [3.05, 3.63) is 264 Å². The van der Waals surface area contributed by atoms with Crippen molar-refractivity contribution in [2.24, 2.45) is 57.2 Å². The van der Waals surface area contributed by atoms with Gasteiger partial charge in [-0.05, 0) is 144 Å². The predicted molar refractivity (Wildman–Crippen MR) is 462 cm³/mol. The van der Waals surface area contributed by atoms with Gasteiger partial charge >= 0.3 is 13.7 Å². The maximum absolute atomic E-state index is 12.9. The van der Waals surface area contributed by atoms with E-state index in [-0.39, 0.29) is 39.2 Å². The first-order valence-electron chi connectivity index (χ1n) is 40.1. The number of hydrogen-bond acceptors (Lipinski definition) is 7. The molecule has 4 aromatic heterocycles. The molecular formula is C98H112B2N8O2. The molecule has 4 heterocycles. The third kappa shape index (κ3) is 19.3. The van der Waals surface area contributed by atoms with Crippen molar-refractivity contribution in [1.82, 2.24) is 28.9 Å². The van der Waals surface area contributed by atoms with Crippen molar-refractivity contribution in [2.75, 3.05) is 13.2 Å². The third-order valence-electron chi connectivity index (χ3n) is 21.8. The number of rotatable bonds is 28. The first-order chi connectivity index (χ1) is 52.6. The molecule has 0 aliphatic carbocycles. The minimum Gasteiger partial charge on any atom is -0.493 e. The van der Waals surface area contributed by atoms with E-state index in [2.05, 4.69) is 296 Å². The molecule has 6 atom stereocenters. The Balaban J connectivity index is 1.27. The molecule has 0 radical (unpaired) electrons. The molecule has 8 aromatic carbocycles. The van der Waals surface area contributed by atoms with Gasteiger partial charge in [0.25, 0.3) is 0 Å². The largest absolute Gasteiger partial charge is 0.493 e. The number of fused-ring (bicyclic) bond motifs is 3. The van der Waals surface area contributed by atoms with Gasteiger partial charge in [-0.2, -0.15) is 5.26 Å². The van der Waals surface area contributed by atoms with E-state index in [1.165, 1.54) is 0 Å². The number of ether oxygens (including phenoxy) is 2. The van der Waals surface area contributed by atoms with E-state index < -0.39 is 13.7 Å². The Bertz CT molecular complexity index is 4930. The van der Waals surface area contributed by atoms with Gasteiger partial charge in [0.2, 0.25) is 5.70 Å². The Morgan fingerprint density at radius 3 is 1.15 bits per heavy atom. The normalized spacial score (nSPS) is 14.4. The number of benzene rings is 8. The summed E-state index contributed by atoms with van der Waals surface area (Å²) < 4.78 is 19.6. The number of aromatic nitrogens is 6. The Morgan fingerprint density at radius 2 is 0.773 bits per heavy atom. The van der Waals surface area contributed by atoms with Gasteiger partial charge < -0.3 is 18.4 Å². The summed E-state index contributed by atoms with van der Waals surface area (Å²) in [7, 11) is 0. The highest BCUT2D eigenvalue weighted by Crippen LogP contribution is 2.41. The second-order valence-electron chi connectivity index (χ2n) is 36.3. The molecule has 562 valence electrons. The molecule has 12 aromatic rings. The van der Waals surface area contributed by atoms with Crippen molar-refractivity contribution in [1.29, 1.82) is 5.26 Å². The molecule has 0 fully saturated rings. The molecule has 0 saturated carbocycles. The zero-order chi connectivity index (χ0) is 78.1. The molecule has 110 heavy (non-hydrogen) atoms. The lowest BCUT2D eigenvalue weighted by molar-refractivity contribution is 0.147. The van der Waals surface area contributed by atoms with Crippen LogP contribution >= 0.6 is 0 Å². The molecule has 0 saturated heterocycles. The average Bonchev–Trinajstić information content (AvgIpc) is 1.52. The number of nitrogens with zero attached hydrogens (tertiary/aromatic N) is 8. The molecule has 0 aliphatic rings. The summed E-state index contributed by atoms with van der Waals surface area (Å²) in [4.78, 5) is 26.0. The van der Waals surface area contributed by atoms with Gasteiger partial charge in [-0.1, -0.05) is 315 Å². The molecule has 0 spiro atoms. The fourth-order valence-electron chi connectivity index (χ4n) is 17.6. The fourth-order valence-corrected chi connectivity index (χ4v) is 17.6. The summed E-state index contributed by atoms with van der Waals surface area (Å²) in [6, 6.07) is 78.3. The molecule has 12 heteroatoms. The predicted octanol–water partition coefficient (Wildman–Crippen LogP) is 20.6. The molecule has 12 rings (SSSR count). The maximum atomic E-state index is 12.9. The van der Waals surface area contributed by atoms with Crippen molar-refractivity contribution >= 4 is 79.7 Å². The lowest BCUT2D eigenvalue weighted by atomic mass is 9.50. The molecule has 6 unspecified atom stereocenters. The second kappa shape index (κ2) is 34.3. The Hall–Kier alpha value is -10.3. The van der Waals surface area contributed by atoms with Crippen LogP contribution in [0.1, 0.15) is 174 Å². The first kappa shape index (κ1) is 79.3. The van der Waals surface area contributed by atoms with Gasteiger partial charge in [0, 0.05) is 44.8 Å². The van der Waals surface area contributed by atoms with E-state index in [1.54, 1.807) is 12.4 Å². The van der Waals surface area contributed by atoms with Gasteiger partial charge in [-0.3, -0.25) is 15.0 Å². The van der Waals surface area contributed by atoms with Crippen molar-refractivity contribution in [3.63, 3.8) is 0 Å². The van der Waals surface area contributed by atoms with Crippen molar-refractivity contribution in [2.45, 2.75) is 162 Å². The molecule has 0 N–H and O–H groups in total. The highest BCUT2D eigenvalue weighted by Gasteiger charge is 2.39. The minimum absolute atomic E-state index is 0.119. The molecule has 0 bridgehead atoms. The van der Waals surface area contributed by atoms with Crippen molar-refractivity contribution < 1.29 is 9.47 Å². The van der Waals surface area contributed by atoms with Gasteiger partial charge in [-0.25, -0.2) is 9.83 Å². The quantitative estimate of drug-likeness (QED) is 0.0355. The Labute approximate surface area is 656 Å². The summed E-state index contributed by atoms with van der Waals surface area (Å²) >= 11 is 0. The number of nitriles is 1. The Kier molecular flexibility index (Phi) is 24.7. The van der Waals surface area contributed by atoms with E-state index in [4.69, 9.17) is 34.3 Å². The van der Waals surface area contributed by atoms with Crippen LogP contribution in [0.15, 0.2) is 231 Å². The fraction of sp³-hybridized carbons (Fsp3) is 0.367. The van der Waals surface area contributed by atoms with Gasteiger partial charge in [-0.15, -0.1) is 0 Å².